The van der Waals surface area contributed by atoms with Crippen LogP contribution in [0.25, 0.3) is 0 Å². The topological polar surface area (TPSA) is 0 Å². The maximum absolute atomic E-state index is 12.4. The van der Waals surface area contributed by atoms with E-state index in [0.717, 1.165) is 12.8 Å². The first-order valence-electron chi connectivity index (χ1n) is 4.51. The number of hydrogen-bond donors (Lipinski definition) is 0. The third-order valence-electron chi connectivity index (χ3n) is 1.55. The van der Waals surface area contributed by atoms with Crippen molar-refractivity contribution in [1.29, 1.82) is 0 Å². The van der Waals surface area contributed by atoms with Crippen LogP contribution in [0.1, 0.15) is 32.6 Å². The van der Waals surface area contributed by atoms with Gasteiger partial charge in [0.15, 0.2) is 0 Å². The van der Waals surface area contributed by atoms with Gasteiger partial charge >= 0.3 is 6.18 Å². The molecule has 0 aromatic rings. The molecule has 0 nitrogen and oxygen atoms in total. The van der Waals surface area contributed by atoms with Gasteiger partial charge in [0, 0.05) is 6.42 Å². The second-order valence-corrected chi connectivity index (χ2v) is 2.88. The van der Waals surface area contributed by atoms with Gasteiger partial charge in [-0.3, -0.25) is 0 Å². The summed E-state index contributed by atoms with van der Waals surface area (Å²) < 4.78 is 59.3. The van der Waals surface area contributed by atoms with Crippen LogP contribution in [0.5, 0.6) is 0 Å². The van der Waals surface area contributed by atoms with Gasteiger partial charge in [-0.05, 0) is 12.3 Å². The van der Waals surface area contributed by atoms with E-state index in [9.17, 15) is 22.0 Å². The van der Waals surface area contributed by atoms with E-state index in [2.05, 4.69) is 5.92 Å². The monoisotopic (exact) mass is 226 g/mol. The van der Waals surface area contributed by atoms with Gasteiger partial charge in [-0.1, -0.05) is 25.7 Å². The minimum Gasteiger partial charge on any atom is -0.198 e. The van der Waals surface area contributed by atoms with E-state index in [0.29, 0.717) is 6.42 Å². The van der Waals surface area contributed by atoms with E-state index in [-0.39, 0.29) is 6.42 Å². The number of unbranched alkanes of at least 4 members (excludes halogenated alkanes) is 3. The summed E-state index contributed by atoms with van der Waals surface area (Å²) in [4.78, 5) is 0. The fraction of sp³-hybridized carbons (Fsp3) is 0.600. The molecule has 15 heavy (non-hydrogen) atoms. The van der Waals surface area contributed by atoms with Crippen molar-refractivity contribution >= 4 is 0 Å². The van der Waals surface area contributed by atoms with Crippen LogP contribution in [-0.4, -0.2) is 6.18 Å². The highest BCUT2D eigenvalue weighted by Crippen LogP contribution is 2.29. The van der Waals surface area contributed by atoms with E-state index in [1.54, 1.807) is 0 Å². The van der Waals surface area contributed by atoms with Crippen LogP contribution < -0.4 is 0 Å². The third-order valence-corrected chi connectivity index (χ3v) is 1.55. The van der Waals surface area contributed by atoms with Crippen LogP contribution in [0.3, 0.4) is 0 Å². The predicted molar refractivity (Wildman–Crippen MR) is 47.2 cm³/mol. The van der Waals surface area contributed by atoms with E-state index in [1.165, 1.54) is 5.92 Å². The lowest BCUT2D eigenvalue weighted by molar-refractivity contribution is -0.110. The lowest BCUT2D eigenvalue weighted by Crippen LogP contribution is -2.09. The highest BCUT2D eigenvalue weighted by atomic mass is 19.4. The SMILES string of the molecule is CCCCCC#C/C(F)=C(\F)C(F)(F)F. The molecule has 0 aliphatic rings. The number of alkyl halides is 3. The lowest BCUT2D eigenvalue weighted by Gasteiger charge is -2.00. The van der Waals surface area contributed by atoms with Crippen molar-refractivity contribution in [3.63, 3.8) is 0 Å². The van der Waals surface area contributed by atoms with Crippen LogP contribution in [0.15, 0.2) is 11.7 Å². The minimum absolute atomic E-state index is 0.270. The Balaban J connectivity index is 4.27. The van der Waals surface area contributed by atoms with Gasteiger partial charge in [-0.25, -0.2) is 0 Å². The molecule has 86 valence electrons. The van der Waals surface area contributed by atoms with Gasteiger partial charge in [0.2, 0.25) is 11.7 Å². The fourth-order valence-corrected chi connectivity index (χ4v) is 0.783. The van der Waals surface area contributed by atoms with E-state index < -0.39 is 17.8 Å². The Bertz CT molecular complexity index is 276. The van der Waals surface area contributed by atoms with Crippen molar-refractivity contribution in [3.05, 3.63) is 11.7 Å². The molecular formula is C10H11F5. The highest BCUT2D eigenvalue weighted by molar-refractivity contribution is 5.26. The Morgan fingerprint density at radius 3 is 2.20 bits per heavy atom. The molecule has 0 aliphatic heterocycles. The lowest BCUT2D eigenvalue weighted by atomic mass is 10.2. The summed E-state index contributed by atoms with van der Waals surface area (Å²) >= 11 is 0. The maximum atomic E-state index is 12.4. The molecule has 5 heteroatoms. The molecule has 0 aliphatic carbocycles. The molecule has 0 bridgehead atoms. The molecule has 0 atom stereocenters. The second kappa shape index (κ2) is 6.44. The van der Waals surface area contributed by atoms with Crippen molar-refractivity contribution in [1.82, 2.24) is 0 Å². The molecule has 0 spiro atoms. The Morgan fingerprint density at radius 2 is 1.73 bits per heavy atom. The maximum Gasteiger partial charge on any atom is 0.446 e. The summed E-state index contributed by atoms with van der Waals surface area (Å²) in [6.45, 7) is 1.94. The van der Waals surface area contributed by atoms with Crippen molar-refractivity contribution in [2.75, 3.05) is 0 Å². The molecule has 0 N–H and O–H groups in total. The van der Waals surface area contributed by atoms with Crippen LogP contribution >= 0.6 is 0 Å². The van der Waals surface area contributed by atoms with Crippen LogP contribution in [-0.2, 0) is 0 Å². The normalized spacial score (nSPS) is 12.9. The molecule has 0 amide bonds. The third kappa shape index (κ3) is 6.10. The van der Waals surface area contributed by atoms with Crippen LogP contribution in [0.4, 0.5) is 22.0 Å². The van der Waals surface area contributed by atoms with Crippen LogP contribution in [0, 0.1) is 11.8 Å². The first-order chi connectivity index (χ1) is 6.89. The minimum atomic E-state index is -5.29. The number of halogens is 5. The van der Waals surface area contributed by atoms with Crippen molar-refractivity contribution in [3.8, 4) is 11.8 Å². The summed E-state index contributed by atoms with van der Waals surface area (Å²) in [6, 6.07) is 0. The van der Waals surface area contributed by atoms with Crippen molar-refractivity contribution in [2.24, 2.45) is 0 Å². The van der Waals surface area contributed by atoms with Gasteiger partial charge in [0.25, 0.3) is 0 Å². The zero-order valence-corrected chi connectivity index (χ0v) is 8.22. The first kappa shape index (κ1) is 13.9. The molecule has 0 radical (unpaired) electrons. The van der Waals surface area contributed by atoms with Crippen molar-refractivity contribution in [2.45, 2.75) is 38.8 Å². The Morgan fingerprint density at radius 1 is 1.13 bits per heavy atom. The first-order valence-corrected chi connectivity index (χ1v) is 4.51. The predicted octanol–water partition coefficient (Wildman–Crippen LogP) is 4.28. The summed E-state index contributed by atoms with van der Waals surface area (Å²) in [5, 5.41) is 0. The molecule has 0 rings (SSSR count). The quantitative estimate of drug-likeness (QED) is 0.382. The van der Waals surface area contributed by atoms with Crippen LogP contribution in [0.2, 0.25) is 0 Å². The average molecular weight is 226 g/mol. The van der Waals surface area contributed by atoms with Gasteiger partial charge in [-0.15, -0.1) is 0 Å². The zero-order chi connectivity index (χ0) is 11.9. The Labute approximate surface area is 85.2 Å². The van der Waals surface area contributed by atoms with E-state index >= 15 is 0 Å². The van der Waals surface area contributed by atoms with Crippen molar-refractivity contribution < 1.29 is 22.0 Å². The number of allylic oxidation sites excluding steroid dienone is 2. The molecule has 0 aromatic heterocycles. The molecular weight excluding hydrogens is 215 g/mol. The summed E-state index contributed by atoms with van der Waals surface area (Å²) in [7, 11) is 0. The van der Waals surface area contributed by atoms with Gasteiger partial charge < -0.3 is 0 Å². The summed E-state index contributed by atoms with van der Waals surface area (Å²) in [5.74, 6) is -1.14. The highest BCUT2D eigenvalue weighted by Gasteiger charge is 2.37. The smallest absolute Gasteiger partial charge is 0.198 e. The zero-order valence-electron chi connectivity index (χ0n) is 8.22. The fourth-order valence-electron chi connectivity index (χ4n) is 0.783. The molecule has 0 heterocycles. The Kier molecular flexibility index (Phi) is 5.99. The summed E-state index contributed by atoms with van der Waals surface area (Å²) in [6.07, 6.45) is -2.56. The molecule has 0 aromatic carbocycles. The molecule has 0 saturated carbocycles. The standard InChI is InChI=1S/C10H11F5/c1-2-3-4-5-6-7-8(11)9(12)10(13,14)15/h2-5H2,1H3/b9-8+. The van der Waals surface area contributed by atoms with E-state index in [1.807, 2.05) is 6.92 Å². The molecule has 0 saturated heterocycles. The summed E-state index contributed by atoms with van der Waals surface area (Å²) in [5.41, 5.74) is 0. The van der Waals surface area contributed by atoms with Gasteiger partial charge in [-0.2, -0.15) is 22.0 Å². The largest absolute Gasteiger partial charge is 0.446 e. The second-order valence-electron chi connectivity index (χ2n) is 2.88. The number of rotatable bonds is 3. The van der Waals surface area contributed by atoms with Gasteiger partial charge in [0.1, 0.15) is 0 Å². The molecule has 0 fully saturated rings. The Hall–Kier alpha value is -1.05. The number of hydrogen-bond acceptors (Lipinski definition) is 0. The van der Waals surface area contributed by atoms with Gasteiger partial charge in [0.05, 0.1) is 0 Å². The molecule has 0 unspecified atom stereocenters. The average Bonchev–Trinajstić information content (AvgIpc) is 2.14. The van der Waals surface area contributed by atoms with E-state index in [4.69, 9.17) is 0 Å².